The highest BCUT2D eigenvalue weighted by molar-refractivity contribution is 5.94. The number of carbonyl (C=O) groups is 2. The monoisotopic (exact) mass is 484 g/mol. The van der Waals surface area contributed by atoms with Crippen LogP contribution in [0.25, 0.3) is 0 Å². The van der Waals surface area contributed by atoms with Gasteiger partial charge in [-0.1, -0.05) is 17.7 Å². The second-order valence-electron chi connectivity index (χ2n) is 9.46. The van der Waals surface area contributed by atoms with Gasteiger partial charge in [0.15, 0.2) is 0 Å². The van der Waals surface area contributed by atoms with Crippen LogP contribution in [0.15, 0.2) is 42.5 Å². The first kappa shape index (κ1) is 24.6. The van der Waals surface area contributed by atoms with Crippen LogP contribution in [-0.4, -0.2) is 49.4 Å². The summed E-state index contributed by atoms with van der Waals surface area (Å²) in [5, 5.41) is 11.8. The van der Waals surface area contributed by atoms with Crippen molar-refractivity contribution in [1.29, 1.82) is 5.26 Å². The first-order valence-corrected chi connectivity index (χ1v) is 11.5. The number of alkyl halides is 3. The summed E-state index contributed by atoms with van der Waals surface area (Å²) in [5.41, 5.74) is 0.147. The molecular formula is C26H27F3N4O2. The van der Waals surface area contributed by atoms with Crippen molar-refractivity contribution < 1.29 is 22.8 Å². The Hall–Kier alpha value is -3.54. The van der Waals surface area contributed by atoms with Crippen LogP contribution in [-0.2, 0) is 11.0 Å². The first-order valence-electron chi connectivity index (χ1n) is 11.5. The lowest BCUT2D eigenvalue weighted by Gasteiger charge is -2.39. The van der Waals surface area contributed by atoms with Crippen LogP contribution < -0.4 is 10.2 Å². The molecule has 2 amide bonds. The van der Waals surface area contributed by atoms with Crippen molar-refractivity contribution in [2.45, 2.75) is 38.4 Å². The van der Waals surface area contributed by atoms with Gasteiger partial charge in [-0.2, -0.15) is 18.4 Å². The molecule has 1 unspecified atom stereocenters. The zero-order valence-corrected chi connectivity index (χ0v) is 19.7. The zero-order valence-electron chi connectivity index (χ0n) is 19.7. The Morgan fingerprint density at radius 2 is 1.86 bits per heavy atom. The van der Waals surface area contributed by atoms with E-state index in [4.69, 9.17) is 5.26 Å². The SMILES string of the molecule is CNC(=O)C1CC2(CCN(C(=O)c3cccc(C)c3)CC2)CN1c1ccc(C#N)c(C(F)(F)F)c1. The number of amides is 2. The van der Waals surface area contributed by atoms with Crippen LogP contribution in [0.2, 0.25) is 0 Å². The predicted octanol–water partition coefficient (Wildman–Crippen LogP) is 4.13. The van der Waals surface area contributed by atoms with Gasteiger partial charge in [-0.05, 0) is 61.9 Å². The van der Waals surface area contributed by atoms with Gasteiger partial charge in [-0.25, -0.2) is 0 Å². The topological polar surface area (TPSA) is 76.4 Å². The van der Waals surface area contributed by atoms with Crippen LogP contribution in [0, 0.1) is 23.7 Å². The summed E-state index contributed by atoms with van der Waals surface area (Å²) in [6.45, 7) is 3.37. The second-order valence-corrected chi connectivity index (χ2v) is 9.46. The third-order valence-electron chi connectivity index (χ3n) is 7.19. The largest absolute Gasteiger partial charge is 0.417 e. The molecule has 0 radical (unpaired) electrons. The fourth-order valence-corrected chi connectivity index (χ4v) is 5.28. The maximum Gasteiger partial charge on any atom is 0.417 e. The number of rotatable bonds is 3. The van der Waals surface area contributed by atoms with Crippen LogP contribution in [0.1, 0.15) is 46.3 Å². The minimum absolute atomic E-state index is 0.0387. The number of nitriles is 1. The molecule has 1 atom stereocenters. The Morgan fingerprint density at radius 3 is 2.46 bits per heavy atom. The lowest BCUT2D eigenvalue weighted by atomic mass is 9.76. The summed E-state index contributed by atoms with van der Waals surface area (Å²) < 4.78 is 40.7. The average molecular weight is 485 g/mol. The molecule has 0 bridgehead atoms. The molecular weight excluding hydrogens is 457 g/mol. The molecule has 2 fully saturated rings. The van der Waals surface area contributed by atoms with Gasteiger partial charge in [0.2, 0.25) is 5.91 Å². The average Bonchev–Trinajstić information content (AvgIpc) is 3.21. The van der Waals surface area contributed by atoms with Crippen molar-refractivity contribution in [3.8, 4) is 6.07 Å². The number of likely N-dealkylation sites (N-methyl/N-ethyl adjacent to an activating group) is 1. The normalized spacial score (nSPS) is 19.5. The number of hydrogen-bond donors (Lipinski definition) is 1. The molecule has 6 nitrogen and oxygen atoms in total. The maximum absolute atomic E-state index is 13.6. The molecule has 2 aliphatic heterocycles. The van der Waals surface area contributed by atoms with E-state index in [9.17, 15) is 22.8 Å². The summed E-state index contributed by atoms with van der Waals surface area (Å²) in [4.78, 5) is 29.2. The molecule has 1 N–H and O–H groups in total. The molecule has 0 aromatic heterocycles. The maximum atomic E-state index is 13.6. The smallest absolute Gasteiger partial charge is 0.359 e. The molecule has 184 valence electrons. The van der Waals surface area contributed by atoms with E-state index in [1.807, 2.05) is 25.1 Å². The summed E-state index contributed by atoms with van der Waals surface area (Å²) >= 11 is 0. The summed E-state index contributed by atoms with van der Waals surface area (Å²) in [5.74, 6) is -0.304. The zero-order chi connectivity index (χ0) is 25.4. The number of carbonyl (C=O) groups excluding carboxylic acids is 2. The Bertz CT molecular complexity index is 1180. The van der Waals surface area contributed by atoms with E-state index in [1.165, 1.54) is 13.1 Å². The van der Waals surface area contributed by atoms with E-state index >= 15 is 0 Å². The lowest BCUT2D eigenvalue weighted by molar-refractivity contribution is -0.137. The number of aryl methyl sites for hydroxylation is 1. The van der Waals surface area contributed by atoms with Crippen molar-refractivity contribution >= 4 is 17.5 Å². The number of piperidine rings is 1. The van der Waals surface area contributed by atoms with Gasteiger partial charge in [0.25, 0.3) is 5.91 Å². The summed E-state index contributed by atoms with van der Waals surface area (Å²) in [6.07, 6.45) is -2.89. The quantitative estimate of drug-likeness (QED) is 0.711. The Balaban J connectivity index is 1.57. The number of anilines is 1. The molecule has 9 heteroatoms. The fourth-order valence-electron chi connectivity index (χ4n) is 5.28. The highest BCUT2D eigenvalue weighted by Crippen LogP contribution is 2.46. The lowest BCUT2D eigenvalue weighted by Crippen LogP contribution is -2.44. The number of likely N-dealkylation sites (tertiary alicyclic amines) is 1. The predicted molar refractivity (Wildman–Crippen MR) is 125 cm³/mol. The molecule has 35 heavy (non-hydrogen) atoms. The number of halogens is 3. The first-order chi connectivity index (χ1) is 16.6. The molecule has 1 spiro atoms. The molecule has 4 rings (SSSR count). The third-order valence-corrected chi connectivity index (χ3v) is 7.19. The molecule has 0 aliphatic carbocycles. The summed E-state index contributed by atoms with van der Waals surface area (Å²) in [6, 6.07) is 12.0. The van der Waals surface area contributed by atoms with Gasteiger partial charge in [0.05, 0.1) is 17.2 Å². The van der Waals surface area contributed by atoms with Gasteiger partial charge in [0.1, 0.15) is 6.04 Å². The Morgan fingerprint density at radius 1 is 1.14 bits per heavy atom. The number of nitrogens with one attached hydrogen (secondary N) is 1. The van der Waals surface area contributed by atoms with E-state index in [0.717, 1.165) is 17.7 Å². The van der Waals surface area contributed by atoms with Gasteiger partial charge in [-0.15, -0.1) is 0 Å². The van der Waals surface area contributed by atoms with E-state index in [-0.39, 0.29) is 22.9 Å². The highest BCUT2D eigenvalue weighted by atomic mass is 19.4. The van der Waals surface area contributed by atoms with E-state index in [1.54, 1.807) is 21.9 Å². The van der Waals surface area contributed by atoms with Gasteiger partial charge in [-0.3, -0.25) is 9.59 Å². The Labute approximate surface area is 202 Å². The van der Waals surface area contributed by atoms with Crippen molar-refractivity contribution in [1.82, 2.24) is 10.2 Å². The minimum Gasteiger partial charge on any atom is -0.359 e. The van der Waals surface area contributed by atoms with E-state index in [2.05, 4.69) is 5.32 Å². The second kappa shape index (κ2) is 9.25. The van der Waals surface area contributed by atoms with Crippen molar-refractivity contribution in [2.24, 2.45) is 5.41 Å². The van der Waals surface area contributed by atoms with Crippen molar-refractivity contribution in [3.05, 3.63) is 64.7 Å². The van der Waals surface area contributed by atoms with Crippen LogP contribution >= 0.6 is 0 Å². The van der Waals surface area contributed by atoms with Crippen LogP contribution in [0.3, 0.4) is 0 Å². The van der Waals surface area contributed by atoms with Crippen molar-refractivity contribution in [2.75, 3.05) is 31.6 Å². The number of hydrogen-bond acceptors (Lipinski definition) is 4. The van der Waals surface area contributed by atoms with Crippen LogP contribution in [0.4, 0.5) is 18.9 Å². The number of nitrogens with zero attached hydrogens (tertiary/aromatic N) is 3. The van der Waals surface area contributed by atoms with Gasteiger partial charge in [0, 0.05) is 37.9 Å². The molecule has 2 heterocycles. The molecule has 2 aromatic rings. The standard InChI is InChI=1S/C26H27F3N4O2/c1-17-4-3-5-18(12-17)24(35)32-10-8-25(9-11-32)14-22(23(34)31-2)33(16-25)20-7-6-19(15-30)21(13-20)26(27,28)29/h3-7,12-13,22H,8-11,14,16H2,1-2H3,(H,31,34). The van der Waals surface area contributed by atoms with Crippen LogP contribution in [0.5, 0.6) is 0 Å². The molecule has 0 saturated carbocycles. The van der Waals surface area contributed by atoms with Crippen molar-refractivity contribution in [3.63, 3.8) is 0 Å². The molecule has 2 saturated heterocycles. The highest BCUT2D eigenvalue weighted by Gasteiger charge is 2.49. The number of benzene rings is 2. The van der Waals surface area contributed by atoms with E-state index < -0.39 is 23.3 Å². The molecule has 2 aliphatic rings. The fraction of sp³-hybridized carbons (Fsp3) is 0.423. The summed E-state index contributed by atoms with van der Waals surface area (Å²) in [7, 11) is 1.51. The van der Waals surface area contributed by atoms with E-state index in [0.29, 0.717) is 44.5 Å². The minimum atomic E-state index is -4.68. The Kier molecular flexibility index (Phi) is 6.50. The third kappa shape index (κ3) is 4.83. The van der Waals surface area contributed by atoms with Gasteiger partial charge < -0.3 is 15.1 Å². The molecule has 2 aromatic carbocycles. The van der Waals surface area contributed by atoms with Gasteiger partial charge >= 0.3 is 6.18 Å².